The van der Waals surface area contributed by atoms with Crippen LogP contribution in [0.1, 0.15) is 13.8 Å². The van der Waals surface area contributed by atoms with Gasteiger partial charge in [0.25, 0.3) is 0 Å². The number of ether oxygens (including phenoxy) is 1. The van der Waals surface area contributed by atoms with Crippen LogP contribution in [0.3, 0.4) is 0 Å². The smallest absolute Gasteiger partial charge is 0.226 e. The Hall–Kier alpha value is -2.67. The number of H-pyrrole nitrogens is 1. The molecule has 2 heterocycles. The summed E-state index contributed by atoms with van der Waals surface area (Å²) in [7, 11) is -1.92. The number of sulfone groups is 1. The largest absolute Gasteiger partial charge is 0.497 e. The van der Waals surface area contributed by atoms with Gasteiger partial charge in [0.05, 0.1) is 23.7 Å². The lowest BCUT2D eigenvalue weighted by molar-refractivity contribution is 0.415. The molecular formula is C18H19N3O3S. The summed E-state index contributed by atoms with van der Waals surface area (Å²) in [6.07, 6.45) is 3.31. The summed E-state index contributed by atoms with van der Waals surface area (Å²) < 4.78 is 30.2. The second-order valence-electron chi connectivity index (χ2n) is 5.82. The molecule has 0 aliphatic carbocycles. The SMILES string of the molecule is COc1ccc(-c2nc(S(=O)(=O)C(C)C)[nH]c2-c2ccncc2)cc1. The van der Waals surface area contributed by atoms with Gasteiger partial charge in [-0.15, -0.1) is 0 Å². The molecule has 0 saturated carbocycles. The Labute approximate surface area is 146 Å². The zero-order chi connectivity index (χ0) is 18.0. The Kier molecular flexibility index (Phi) is 4.59. The van der Waals surface area contributed by atoms with Crippen LogP contribution in [0.2, 0.25) is 0 Å². The molecule has 3 rings (SSSR count). The van der Waals surface area contributed by atoms with Gasteiger partial charge in [-0.05, 0) is 50.2 Å². The topological polar surface area (TPSA) is 84.9 Å². The van der Waals surface area contributed by atoms with E-state index in [0.717, 1.165) is 16.9 Å². The second-order valence-corrected chi connectivity index (χ2v) is 8.24. The lowest BCUT2D eigenvalue weighted by Crippen LogP contribution is -2.15. The maximum absolute atomic E-state index is 12.5. The highest BCUT2D eigenvalue weighted by Crippen LogP contribution is 2.32. The maximum Gasteiger partial charge on any atom is 0.226 e. The Balaban J connectivity index is 2.20. The summed E-state index contributed by atoms with van der Waals surface area (Å²) in [6.45, 7) is 3.27. The van der Waals surface area contributed by atoms with Crippen LogP contribution < -0.4 is 4.74 Å². The third-order valence-corrected chi connectivity index (χ3v) is 5.88. The first-order chi connectivity index (χ1) is 11.9. The standard InChI is InChI=1S/C18H19N3O3S/c1-12(2)25(22,23)18-20-16(13-4-6-15(24-3)7-5-13)17(21-18)14-8-10-19-11-9-14/h4-12H,1-3H3,(H,20,21). The van der Waals surface area contributed by atoms with Crippen molar-refractivity contribution in [1.29, 1.82) is 0 Å². The molecule has 0 spiro atoms. The van der Waals surface area contributed by atoms with E-state index in [1.54, 1.807) is 33.4 Å². The first-order valence-corrected chi connectivity index (χ1v) is 9.37. The fourth-order valence-electron chi connectivity index (χ4n) is 2.39. The van der Waals surface area contributed by atoms with Crippen molar-refractivity contribution in [2.24, 2.45) is 0 Å². The number of rotatable bonds is 5. The number of nitrogens with zero attached hydrogens (tertiary/aromatic N) is 2. The van der Waals surface area contributed by atoms with Gasteiger partial charge in [0.2, 0.25) is 15.0 Å². The number of hydrogen-bond donors (Lipinski definition) is 1. The number of hydrogen-bond acceptors (Lipinski definition) is 5. The Morgan fingerprint density at radius 1 is 1.00 bits per heavy atom. The Bertz CT molecular complexity index is 963. The van der Waals surface area contributed by atoms with Crippen LogP contribution in [-0.2, 0) is 9.84 Å². The molecule has 0 bridgehead atoms. The van der Waals surface area contributed by atoms with Gasteiger partial charge in [0.15, 0.2) is 0 Å². The van der Waals surface area contributed by atoms with Crippen LogP contribution in [0.5, 0.6) is 5.75 Å². The van der Waals surface area contributed by atoms with Crippen molar-refractivity contribution in [3.63, 3.8) is 0 Å². The van der Waals surface area contributed by atoms with Gasteiger partial charge >= 0.3 is 0 Å². The summed E-state index contributed by atoms with van der Waals surface area (Å²) in [5.74, 6) is 0.722. The monoisotopic (exact) mass is 357 g/mol. The van der Waals surface area contributed by atoms with Crippen molar-refractivity contribution in [3.8, 4) is 28.3 Å². The number of pyridine rings is 1. The van der Waals surface area contributed by atoms with Crippen molar-refractivity contribution in [1.82, 2.24) is 15.0 Å². The highest BCUT2D eigenvalue weighted by atomic mass is 32.2. The molecule has 0 saturated heterocycles. The minimum Gasteiger partial charge on any atom is -0.497 e. The van der Waals surface area contributed by atoms with Crippen molar-refractivity contribution < 1.29 is 13.2 Å². The molecule has 1 N–H and O–H groups in total. The third kappa shape index (κ3) is 3.28. The zero-order valence-electron chi connectivity index (χ0n) is 14.2. The molecule has 7 heteroatoms. The van der Waals surface area contributed by atoms with Crippen LogP contribution in [-0.4, -0.2) is 35.7 Å². The van der Waals surface area contributed by atoms with E-state index in [1.165, 1.54) is 0 Å². The average molecular weight is 357 g/mol. The molecule has 0 aliphatic heterocycles. The second kappa shape index (κ2) is 6.68. The molecule has 130 valence electrons. The van der Waals surface area contributed by atoms with E-state index in [-0.39, 0.29) is 5.16 Å². The van der Waals surface area contributed by atoms with Gasteiger partial charge < -0.3 is 9.72 Å². The predicted molar refractivity (Wildman–Crippen MR) is 96.1 cm³/mol. The summed E-state index contributed by atoms with van der Waals surface area (Å²) in [5.41, 5.74) is 2.84. The van der Waals surface area contributed by atoms with E-state index in [0.29, 0.717) is 11.4 Å². The van der Waals surface area contributed by atoms with Crippen LogP contribution >= 0.6 is 0 Å². The number of aromatic amines is 1. The molecule has 0 atom stereocenters. The third-order valence-electron chi connectivity index (χ3n) is 3.90. The van der Waals surface area contributed by atoms with E-state index in [9.17, 15) is 8.42 Å². The number of benzene rings is 1. The van der Waals surface area contributed by atoms with Crippen molar-refractivity contribution in [3.05, 3.63) is 48.8 Å². The van der Waals surface area contributed by atoms with Crippen LogP contribution in [0.25, 0.3) is 22.5 Å². The van der Waals surface area contributed by atoms with Crippen molar-refractivity contribution in [2.45, 2.75) is 24.3 Å². The van der Waals surface area contributed by atoms with Gasteiger partial charge in [-0.2, -0.15) is 0 Å². The average Bonchev–Trinajstić information content (AvgIpc) is 3.08. The van der Waals surface area contributed by atoms with E-state index in [4.69, 9.17) is 4.74 Å². The summed E-state index contributed by atoms with van der Waals surface area (Å²) in [6, 6.07) is 11.0. The normalized spacial score (nSPS) is 11.7. The molecule has 0 aliphatic rings. The van der Waals surface area contributed by atoms with Gasteiger partial charge in [0.1, 0.15) is 5.75 Å². The molecule has 1 aromatic carbocycles. The summed E-state index contributed by atoms with van der Waals surface area (Å²) in [4.78, 5) is 11.4. The number of aromatic nitrogens is 3. The molecule has 0 radical (unpaired) electrons. The predicted octanol–water partition coefficient (Wildman–Crippen LogP) is 3.33. The number of imidazole rings is 1. The van der Waals surface area contributed by atoms with E-state index >= 15 is 0 Å². The molecule has 2 aromatic heterocycles. The summed E-state index contributed by atoms with van der Waals surface area (Å²) in [5, 5.41) is -0.590. The summed E-state index contributed by atoms with van der Waals surface area (Å²) >= 11 is 0. The van der Waals surface area contributed by atoms with Gasteiger partial charge in [-0.25, -0.2) is 13.4 Å². The van der Waals surface area contributed by atoms with E-state index in [2.05, 4.69) is 15.0 Å². The maximum atomic E-state index is 12.5. The quantitative estimate of drug-likeness (QED) is 0.757. The lowest BCUT2D eigenvalue weighted by Gasteiger charge is -2.04. The van der Waals surface area contributed by atoms with Crippen LogP contribution in [0.15, 0.2) is 53.9 Å². The van der Waals surface area contributed by atoms with Crippen LogP contribution in [0, 0.1) is 0 Å². The molecule has 0 amide bonds. The van der Waals surface area contributed by atoms with E-state index in [1.807, 2.05) is 36.4 Å². The Morgan fingerprint density at radius 3 is 2.20 bits per heavy atom. The molecular weight excluding hydrogens is 338 g/mol. The zero-order valence-corrected chi connectivity index (χ0v) is 15.0. The Morgan fingerprint density at radius 2 is 1.64 bits per heavy atom. The number of methoxy groups -OCH3 is 1. The highest BCUT2D eigenvalue weighted by molar-refractivity contribution is 7.91. The lowest BCUT2D eigenvalue weighted by atomic mass is 10.1. The van der Waals surface area contributed by atoms with Gasteiger partial charge in [0, 0.05) is 23.5 Å². The molecule has 3 aromatic rings. The van der Waals surface area contributed by atoms with E-state index < -0.39 is 15.1 Å². The first kappa shape index (κ1) is 17.2. The molecule has 25 heavy (non-hydrogen) atoms. The fraction of sp³-hybridized carbons (Fsp3) is 0.222. The first-order valence-electron chi connectivity index (χ1n) is 7.82. The molecule has 0 fully saturated rings. The minimum atomic E-state index is -3.51. The van der Waals surface area contributed by atoms with Crippen LogP contribution in [0.4, 0.5) is 0 Å². The van der Waals surface area contributed by atoms with Gasteiger partial charge in [-0.1, -0.05) is 0 Å². The minimum absolute atomic E-state index is 0.0277. The van der Waals surface area contributed by atoms with Crippen molar-refractivity contribution in [2.75, 3.05) is 7.11 Å². The molecule has 6 nitrogen and oxygen atoms in total. The highest BCUT2D eigenvalue weighted by Gasteiger charge is 2.26. The van der Waals surface area contributed by atoms with Crippen molar-refractivity contribution >= 4 is 9.84 Å². The number of nitrogens with one attached hydrogen (secondary N) is 1. The van der Waals surface area contributed by atoms with Gasteiger partial charge in [-0.3, -0.25) is 4.98 Å². The molecule has 0 unspecified atom stereocenters. The fourth-order valence-corrected chi connectivity index (χ4v) is 3.30.